The summed E-state index contributed by atoms with van der Waals surface area (Å²) in [4.78, 5) is 16.3. The molecule has 6 heteroatoms. The van der Waals surface area contributed by atoms with E-state index in [4.69, 9.17) is 0 Å². The van der Waals surface area contributed by atoms with Crippen molar-refractivity contribution >= 4 is 17.6 Å². The molecule has 2 rings (SSSR count). The zero-order chi connectivity index (χ0) is 18.8. The van der Waals surface area contributed by atoms with Gasteiger partial charge in [0.2, 0.25) is 5.91 Å². The third-order valence-corrected chi connectivity index (χ3v) is 4.52. The summed E-state index contributed by atoms with van der Waals surface area (Å²) in [5, 5.41) is 19.3. The average molecular weight is 361 g/mol. The first kappa shape index (κ1) is 20.2. The molecule has 6 nitrogen and oxygen atoms in total. The number of aliphatic hydroxyl groups excluding tert-OH is 1. The van der Waals surface area contributed by atoms with Gasteiger partial charge in [0.05, 0.1) is 12.6 Å². The maximum absolute atomic E-state index is 11.6. The van der Waals surface area contributed by atoms with E-state index < -0.39 is 0 Å². The van der Waals surface area contributed by atoms with Crippen molar-refractivity contribution in [2.75, 3.05) is 11.9 Å². The molecule has 26 heavy (non-hydrogen) atoms. The Hall–Kier alpha value is -2.08. The van der Waals surface area contributed by atoms with Crippen LogP contribution in [0.1, 0.15) is 57.9 Å². The van der Waals surface area contributed by atoms with E-state index in [2.05, 4.69) is 27.9 Å². The molecule has 0 bridgehead atoms. The maximum atomic E-state index is 11.6. The van der Waals surface area contributed by atoms with Gasteiger partial charge in [0.1, 0.15) is 0 Å². The quantitative estimate of drug-likeness (QED) is 0.445. The number of carbonyl (C=O) groups excluding carboxylic acids is 1. The van der Waals surface area contributed by atoms with Crippen LogP contribution < -0.4 is 16.0 Å². The van der Waals surface area contributed by atoms with Gasteiger partial charge in [0.25, 0.3) is 0 Å². The lowest BCUT2D eigenvalue weighted by Gasteiger charge is -2.27. The minimum Gasteiger partial charge on any atom is -0.393 e. The number of guanidine groups is 1. The zero-order valence-corrected chi connectivity index (χ0v) is 15.9. The first-order valence-electron chi connectivity index (χ1n) is 9.72. The third kappa shape index (κ3) is 7.04. The Bertz CT molecular complexity index is 578. The Morgan fingerprint density at radius 2 is 1.85 bits per heavy atom. The minimum atomic E-state index is -0.149. The molecule has 0 unspecified atom stereocenters. The van der Waals surface area contributed by atoms with Crippen LogP contribution in [0, 0.1) is 0 Å². The number of amides is 1. The standard InChI is InChI=1S/C20H32N4O2/c1-3-5-19(26)23-16-8-6-15(7-9-16)14-22-20(21-4-2)24-17-10-12-18(25)13-11-17/h6-9,17-18,25H,3-5,10-14H2,1-2H3,(H,23,26)(H2,21,22,24). The van der Waals surface area contributed by atoms with Crippen LogP contribution in [0.15, 0.2) is 29.3 Å². The highest BCUT2D eigenvalue weighted by Crippen LogP contribution is 2.18. The van der Waals surface area contributed by atoms with Crippen LogP contribution in [0.5, 0.6) is 0 Å². The van der Waals surface area contributed by atoms with Crippen LogP contribution in [0.25, 0.3) is 0 Å². The fraction of sp³-hybridized carbons (Fsp3) is 0.600. The lowest BCUT2D eigenvalue weighted by atomic mass is 9.93. The molecule has 4 N–H and O–H groups in total. The SMILES string of the molecule is CCCC(=O)Nc1ccc(CN=C(NCC)NC2CCC(O)CC2)cc1. The predicted molar refractivity (Wildman–Crippen MR) is 106 cm³/mol. The van der Waals surface area contributed by atoms with Crippen molar-refractivity contribution < 1.29 is 9.90 Å². The lowest BCUT2D eigenvalue weighted by molar-refractivity contribution is -0.116. The summed E-state index contributed by atoms with van der Waals surface area (Å²) in [6.45, 7) is 5.43. The number of rotatable bonds is 7. The van der Waals surface area contributed by atoms with Gasteiger partial charge in [-0.1, -0.05) is 19.1 Å². The molecule has 1 aromatic rings. The summed E-state index contributed by atoms with van der Waals surface area (Å²) in [5.41, 5.74) is 1.91. The van der Waals surface area contributed by atoms with E-state index in [1.54, 1.807) is 0 Å². The molecule has 0 aliphatic heterocycles. The second-order valence-electron chi connectivity index (χ2n) is 6.84. The Labute approximate surface area is 156 Å². The second-order valence-corrected chi connectivity index (χ2v) is 6.84. The van der Waals surface area contributed by atoms with Gasteiger partial charge in [-0.05, 0) is 56.7 Å². The summed E-state index contributed by atoms with van der Waals surface area (Å²) in [6.07, 6.45) is 4.88. The largest absolute Gasteiger partial charge is 0.393 e. The van der Waals surface area contributed by atoms with Crippen molar-refractivity contribution in [3.8, 4) is 0 Å². The van der Waals surface area contributed by atoms with Crippen molar-refractivity contribution in [2.45, 2.75) is 71.1 Å². The van der Waals surface area contributed by atoms with Gasteiger partial charge in [-0.15, -0.1) is 0 Å². The van der Waals surface area contributed by atoms with E-state index >= 15 is 0 Å². The first-order chi connectivity index (χ1) is 12.6. The van der Waals surface area contributed by atoms with E-state index in [0.29, 0.717) is 19.0 Å². The topological polar surface area (TPSA) is 85.8 Å². The Morgan fingerprint density at radius 1 is 1.15 bits per heavy atom. The van der Waals surface area contributed by atoms with E-state index in [1.807, 2.05) is 31.2 Å². The van der Waals surface area contributed by atoms with E-state index in [1.165, 1.54) is 0 Å². The number of carbonyl (C=O) groups is 1. The summed E-state index contributed by atoms with van der Waals surface area (Å²) in [5.74, 6) is 0.865. The van der Waals surface area contributed by atoms with Gasteiger partial charge in [-0.2, -0.15) is 0 Å². The number of benzene rings is 1. The molecule has 1 saturated carbocycles. The van der Waals surface area contributed by atoms with Crippen molar-refractivity contribution in [1.29, 1.82) is 0 Å². The number of aliphatic imine (C=N–C) groups is 1. The molecule has 0 spiro atoms. The summed E-state index contributed by atoms with van der Waals surface area (Å²) in [7, 11) is 0. The van der Waals surface area contributed by atoms with Crippen LogP contribution in [0.2, 0.25) is 0 Å². The Kier molecular flexibility index (Phi) is 8.41. The van der Waals surface area contributed by atoms with Crippen molar-refractivity contribution in [3.63, 3.8) is 0 Å². The molecular weight excluding hydrogens is 328 g/mol. The zero-order valence-electron chi connectivity index (χ0n) is 15.9. The van der Waals surface area contributed by atoms with Crippen molar-refractivity contribution in [2.24, 2.45) is 4.99 Å². The van der Waals surface area contributed by atoms with Gasteiger partial charge in [0.15, 0.2) is 5.96 Å². The molecule has 0 aromatic heterocycles. The fourth-order valence-corrected chi connectivity index (χ4v) is 3.05. The van der Waals surface area contributed by atoms with Crippen molar-refractivity contribution in [1.82, 2.24) is 10.6 Å². The monoisotopic (exact) mass is 360 g/mol. The molecular formula is C20H32N4O2. The first-order valence-corrected chi connectivity index (χ1v) is 9.72. The van der Waals surface area contributed by atoms with Crippen LogP contribution in [0.3, 0.4) is 0 Å². The normalized spacial score (nSPS) is 20.5. The van der Waals surface area contributed by atoms with Crippen LogP contribution in [-0.4, -0.2) is 35.7 Å². The van der Waals surface area contributed by atoms with E-state index in [0.717, 1.165) is 55.9 Å². The Morgan fingerprint density at radius 3 is 2.46 bits per heavy atom. The molecule has 1 aliphatic rings. The molecule has 0 atom stereocenters. The third-order valence-electron chi connectivity index (χ3n) is 4.52. The minimum absolute atomic E-state index is 0.0505. The van der Waals surface area contributed by atoms with E-state index in [-0.39, 0.29) is 12.0 Å². The second kappa shape index (κ2) is 10.8. The van der Waals surface area contributed by atoms with Gasteiger partial charge < -0.3 is 21.1 Å². The number of nitrogens with one attached hydrogen (secondary N) is 3. The Balaban J connectivity index is 1.88. The van der Waals surface area contributed by atoms with Crippen LogP contribution in [0.4, 0.5) is 5.69 Å². The summed E-state index contributed by atoms with van der Waals surface area (Å²) in [6, 6.07) is 8.19. The predicted octanol–water partition coefficient (Wildman–Crippen LogP) is 2.78. The number of hydrogen-bond acceptors (Lipinski definition) is 3. The molecule has 1 amide bonds. The van der Waals surface area contributed by atoms with Crippen LogP contribution in [-0.2, 0) is 11.3 Å². The number of anilines is 1. The lowest BCUT2D eigenvalue weighted by Crippen LogP contribution is -2.45. The highest BCUT2D eigenvalue weighted by Gasteiger charge is 2.19. The number of nitrogens with zero attached hydrogens (tertiary/aromatic N) is 1. The molecule has 0 radical (unpaired) electrons. The highest BCUT2D eigenvalue weighted by atomic mass is 16.3. The number of hydrogen-bond donors (Lipinski definition) is 4. The molecule has 0 heterocycles. The van der Waals surface area contributed by atoms with Crippen LogP contribution >= 0.6 is 0 Å². The van der Waals surface area contributed by atoms with Gasteiger partial charge >= 0.3 is 0 Å². The molecule has 1 aliphatic carbocycles. The number of aliphatic hydroxyl groups is 1. The molecule has 1 fully saturated rings. The van der Waals surface area contributed by atoms with Gasteiger partial charge in [-0.25, -0.2) is 4.99 Å². The highest BCUT2D eigenvalue weighted by molar-refractivity contribution is 5.90. The van der Waals surface area contributed by atoms with Crippen molar-refractivity contribution in [3.05, 3.63) is 29.8 Å². The van der Waals surface area contributed by atoms with Gasteiger partial charge in [-0.3, -0.25) is 4.79 Å². The van der Waals surface area contributed by atoms with E-state index in [9.17, 15) is 9.90 Å². The average Bonchev–Trinajstić information content (AvgIpc) is 2.63. The van der Waals surface area contributed by atoms with Gasteiger partial charge in [0, 0.05) is 24.7 Å². The summed E-state index contributed by atoms with van der Waals surface area (Å²) >= 11 is 0. The molecule has 0 saturated heterocycles. The summed E-state index contributed by atoms with van der Waals surface area (Å²) < 4.78 is 0. The molecule has 144 valence electrons. The smallest absolute Gasteiger partial charge is 0.224 e. The maximum Gasteiger partial charge on any atom is 0.224 e. The fourth-order valence-electron chi connectivity index (χ4n) is 3.05. The molecule has 1 aromatic carbocycles.